The molecule has 128 valence electrons. The van der Waals surface area contributed by atoms with Crippen LogP contribution in [0.1, 0.15) is 26.2 Å². The lowest BCUT2D eigenvalue weighted by atomic mass is 10.1. The number of hydrogen-bond acceptors (Lipinski definition) is 4. The smallest absolute Gasteiger partial charge is 0.309 e. The molecular formula is C19H22BrNO3. The summed E-state index contributed by atoms with van der Waals surface area (Å²) >= 11 is 3.34. The molecule has 0 radical (unpaired) electrons. The van der Waals surface area contributed by atoms with E-state index in [0.29, 0.717) is 12.3 Å². The van der Waals surface area contributed by atoms with Crippen molar-refractivity contribution in [3.8, 4) is 5.88 Å². The second kappa shape index (κ2) is 9.42. The van der Waals surface area contributed by atoms with Crippen molar-refractivity contribution in [3.05, 3.63) is 59.3 Å². The molecule has 1 heterocycles. The lowest BCUT2D eigenvalue weighted by molar-refractivity contribution is -0.147. The Morgan fingerprint density at radius 1 is 1.46 bits per heavy atom. The Morgan fingerprint density at radius 3 is 2.96 bits per heavy atom. The van der Waals surface area contributed by atoms with Crippen molar-refractivity contribution in [2.24, 2.45) is 5.92 Å². The van der Waals surface area contributed by atoms with Crippen molar-refractivity contribution < 1.29 is 14.3 Å². The van der Waals surface area contributed by atoms with Crippen LogP contribution in [0.4, 0.5) is 0 Å². The molecule has 5 heteroatoms. The zero-order valence-electron chi connectivity index (χ0n) is 13.8. The van der Waals surface area contributed by atoms with Crippen LogP contribution in [0.15, 0.2) is 59.3 Å². The number of halogens is 1. The van der Waals surface area contributed by atoms with Crippen LogP contribution in [0.25, 0.3) is 0 Å². The normalized spacial score (nSPS) is 21.0. The summed E-state index contributed by atoms with van der Waals surface area (Å²) in [6, 6.07) is 3.71. The van der Waals surface area contributed by atoms with E-state index in [2.05, 4.69) is 27.5 Å². The van der Waals surface area contributed by atoms with E-state index < -0.39 is 0 Å². The summed E-state index contributed by atoms with van der Waals surface area (Å²) in [6.45, 7) is 5.83. The van der Waals surface area contributed by atoms with Gasteiger partial charge in [0.25, 0.3) is 0 Å². The Hall–Kier alpha value is -1.88. The van der Waals surface area contributed by atoms with Crippen LogP contribution < -0.4 is 4.74 Å². The zero-order chi connectivity index (χ0) is 17.4. The van der Waals surface area contributed by atoms with E-state index in [0.717, 1.165) is 22.9 Å². The van der Waals surface area contributed by atoms with E-state index in [1.165, 1.54) is 0 Å². The number of aromatic nitrogens is 1. The molecule has 1 fully saturated rings. The minimum Gasteiger partial charge on any atom is -0.474 e. The largest absolute Gasteiger partial charge is 0.474 e. The first-order chi connectivity index (χ1) is 11.6. The Kier molecular flexibility index (Phi) is 7.25. The molecule has 1 aliphatic rings. The van der Waals surface area contributed by atoms with Gasteiger partial charge in [-0.1, -0.05) is 30.9 Å². The van der Waals surface area contributed by atoms with Crippen molar-refractivity contribution in [1.82, 2.24) is 4.98 Å². The zero-order valence-corrected chi connectivity index (χ0v) is 15.4. The average Bonchev–Trinajstić information content (AvgIpc) is 3.05. The van der Waals surface area contributed by atoms with E-state index in [4.69, 9.17) is 9.47 Å². The van der Waals surface area contributed by atoms with Crippen molar-refractivity contribution in [2.75, 3.05) is 6.61 Å². The van der Waals surface area contributed by atoms with Crippen LogP contribution in [-0.2, 0) is 9.53 Å². The quantitative estimate of drug-likeness (QED) is 0.502. The molecule has 24 heavy (non-hydrogen) atoms. The Bertz CT molecular complexity index is 622. The number of rotatable bonds is 7. The molecule has 0 bridgehead atoms. The summed E-state index contributed by atoms with van der Waals surface area (Å²) in [7, 11) is 0. The van der Waals surface area contributed by atoms with Gasteiger partial charge in [0.2, 0.25) is 5.88 Å². The molecule has 1 aliphatic carbocycles. The van der Waals surface area contributed by atoms with Crippen molar-refractivity contribution in [3.63, 3.8) is 0 Å². The number of nitrogens with zero attached hydrogens (tertiary/aromatic N) is 1. The van der Waals surface area contributed by atoms with Gasteiger partial charge in [-0.2, -0.15) is 0 Å². The fraction of sp³-hybridized carbons (Fsp3) is 0.368. The third kappa shape index (κ3) is 5.64. The molecule has 1 aromatic rings. The minimum atomic E-state index is -0.156. The van der Waals surface area contributed by atoms with E-state index in [1.807, 2.05) is 37.3 Å². The number of ether oxygens (including phenoxy) is 2. The summed E-state index contributed by atoms with van der Waals surface area (Å²) in [5.41, 5.74) is 0.952. The Morgan fingerprint density at radius 2 is 2.29 bits per heavy atom. The Labute approximate surface area is 151 Å². The lowest BCUT2D eigenvalue weighted by Crippen LogP contribution is -2.19. The van der Waals surface area contributed by atoms with Gasteiger partial charge in [0.1, 0.15) is 12.7 Å². The average molecular weight is 392 g/mol. The van der Waals surface area contributed by atoms with Crippen molar-refractivity contribution >= 4 is 21.9 Å². The number of allylic oxidation sites excluding steroid dienone is 3. The SMILES string of the molecule is C=CC=CC(=CC)COC(=O)C1CCC(Oc2ccc(Br)cn2)C1. The molecule has 1 saturated carbocycles. The second-order valence-corrected chi connectivity index (χ2v) is 6.55. The van der Waals surface area contributed by atoms with E-state index in [9.17, 15) is 4.79 Å². The van der Waals surface area contributed by atoms with Gasteiger partial charge in [0.15, 0.2) is 0 Å². The van der Waals surface area contributed by atoms with Gasteiger partial charge in [-0.3, -0.25) is 4.79 Å². The molecule has 0 aromatic carbocycles. The number of pyridine rings is 1. The maximum absolute atomic E-state index is 12.2. The molecule has 2 rings (SSSR count). The number of carbonyl (C=O) groups is 1. The maximum Gasteiger partial charge on any atom is 0.309 e. The summed E-state index contributed by atoms with van der Waals surface area (Å²) in [5, 5.41) is 0. The van der Waals surface area contributed by atoms with Crippen molar-refractivity contribution in [1.29, 1.82) is 0 Å². The second-order valence-electron chi connectivity index (χ2n) is 5.63. The van der Waals surface area contributed by atoms with Gasteiger partial charge >= 0.3 is 5.97 Å². The maximum atomic E-state index is 12.2. The molecule has 0 spiro atoms. The molecule has 0 amide bonds. The fourth-order valence-electron chi connectivity index (χ4n) is 2.56. The van der Waals surface area contributed by atoms with Crippen LogP contribution in [0.5, 0.6) is 5.88 Å². The summed E-state index contributed by atoms with van der Waals surface area (Å²) in [5.74, 6) is 0.325. The summed E-state index contributed by atoms with van der Waals surface area (Å²) in [6.07, 6.45) is 11.3. The first kappa shape index (κ1) is 18.5. The highest BCUT2D eigenvalue weighted by molar-refractivity contribution is 9.10. The molecular weight excluding hydrogens is 370 g/mol. The first-order valence-corrected chi connectivity index (χ1v) is 8.80. The summed E-state index contributed by atoms with van der Waals surface area (Å²) < 4.78 is 12.2. The van der Waals surface area contributed by atoms with E-state index in [-0.39, 0.29) is 24.6 Å². The molecule has 1 aromatic heterocycles. The molecule has 2 atom stereocenters. The first-order valence-electron chi connectivity index (χ1n) is 8.01. The predicted octanol–water partition coefficient (Wildman–Crippen LogP) is 4.62. The van der Waals surface area contributed by atoms with Crippen LogP contribution in [0, 0.1) is 5.92 Å². The van der Waals surface area contributed by atoms with Gasteiger partial charge in [0, 0.05) is 16.7 Å². The Balaban J connectivity index is 1.79. The molecule has 2 unspecified atom stereocenters. The topological polar surface area (TPSA) is 48.4 Å². The lowest BCUT2D eigenvalue weighted by Gasteiger charge is -2.13. The molecule has 0 aliphatic heterocycles. The van der Waals surface area contributed by atoms with Gasteiger partial charge < -0.3 is 9.47 Å². The van der Waals surface area contributed by atoms with Crippen molar-refractivity contribution in [2.45, 2.75) is 32.3 Å². The molecule has 0 N–H and O–H groups in total. The van der Waals surface area contributed by atoms with Gasteiger partial charge in [-0.15, -0.1) is 0 Å². The highest BCUT2D eigenvalue weighted by Crippen LogP contribution is 2.30. The summed E-state index contributed by atoms with van der Waals surface area (Å²) in [4.78, 5) is 16.4. The highest BCUT2D eigenvalue weighted by atomic mass is 79.9. The van der Waals surface area contributed by atoms with E-state index >= 15 is 0 Å². The minimum absolute atomic E-state index is 0.0121. The van der Waals surface area contributed by atoms with E-state index in [1.54, 1.807) is 12.3 Å². The monoisotopic (exact) mass is 391 g/mol. The third-order valence-electron chi connectivity index (χ3n) is 3.90. The molecule has 0 saturated heterocycles. The van der Waals surface area contributed by atoms with Gasteiger partial charge in [0.05, 0.1) is 5.92 Å². The van der Waals surface area contributed by atoms with Gasteiger partial charge in [-0.25, -0.2) is 4.98 Å². The van der Waals surface area contributed by atoms with Crippen LogP contribution in [0.3, 0.4) is 0 Å². The van der Waals surface area contributed by atoms with Crippen LogP contribution in [-0.4, -0.2) is 23.7 Å². The van der Waals surface area contributed by atoms with Crippen LogP contribution in [0.2, 0.25) is 0 Å². The van der Waals surface area contributed by atoms with Crippen LogP contribution >= 0.6 is 15.9 Å². The molecule has 4 nitrogen and oxygen atoms in total. The number of carbonyl (C=O) groups excluding carboxylic acids is 1. The third-order valence-corrected chi connectivity index (χ3v) is 4.37. The highest BCUT2D eigenvalue weighted by Gasteiger charge is 2.32. The number of esters is 1. The van der Waals surface area contributed by atoms with Gasteiger partial charge in [-0.05, 0) is 53.8 Å². The fourth-order valence-corrected chi connectivity index (χ4v) is 2.79. The standard InChI is InChI=1S/C19H22BrNO3/c1-3-5-6-14(4-2)13-23-19(22)15-7-9-17(11-15)24-18-10-8-16(20)12-21-18/h3-6,8,10,12,15,17H,1,7,9,11,13H2,2H3. The number of hydrogen-bond donors (Lipinski definition) is 0. The predicted molar refractivity (Wildman–Crippen MR) is 97.7 cm³/mol.